The minimum absolute atomic E-state index is 0. The summed E-state index contributed by atoms with van der Waals surface area (Å²) in [6, 6.07) is 25.2. The Hall–Kier alpha value is -8.05. The third-order valence-corrected chi connectivity index (χ3v) is 12.1. The van der Waals surface area contributed by atoms with E-state index in [0.717, 1.165) is 23.7 Å². The van der Waals surface area contributed by atoms with Crippen molar-refractivity contribution in [3.63, 3.8) is 0 Å². The Labute approximate surface area is 577 Å². The first kappa shape index (κ1) is 88.2. The maximum Gasteiger partial charge on any atom is 1.00 e. The fourth-order valence-electron chi connectivity index (χ4n) is 7.96. The summed E-state index contributed by atoms with van der Waals surface area (Å²) in [5, 5.41) is 45.9. The molecule has 0 radical (unpaired) electrons. The largest absolute Gasteiger partial charge is 1.00 e. The predicted molar refractivity (Wildman–Crippen MR) is 329 cm³/mol. The van der Waals surface area contributed by atoms with Gasteiger partial charge in [0.25, 0.3) is 17.3 Å². The van der Waals surface area contributed by atoms with Crippen molar-refractivity contribution in [2.45, 2.75) is 117 Å². The Balaban J connectivity index is -0.00000108. The molecule has 2 heterocycles. The number of hydrogen-bond donors (Lipinski definition) is 6. The summed E-state index contributed by atoms with van der Waals surface area (Å²) in [6.45, 7) is 14.8. The zero-order chi connectivity index (χ0) is 67.4. The van der Waals surface area contributed by atoms with Crippen molar-refractivity contribution in [2.75, 3.05) is 50.3 Å². The van der Waals surface area contributed by atoms with Crippen molar-refractivity contribution in [3.05, 3.63) is 147 Å². The Morgan fingerprint density at radius 2 is 1.04 bits per heavy atom. The topological polar surface area (TPSA) is 415 Å². The quantitative estimate of drug-likeness (QED) is 0.0113. The van der Waals surface area contributed by atoms with Crippen molar-refractivity contribution in [1.29, 1.82) is 0 Å². The molecule has 2 unspecified atom stereocenters. The van der Waals surface area contributed by atoms with Crippen LogP contribution in [0.5, 0.6) is 0 Å². The number of hydrogen-bond acceptors (Lipinski definition) is 21. The number of nitro benzene ring substituents is 2. The molecule has 502 valence electrons. The van der Waals surface area contributed by atoms with Gasteiger partial charge in [0.2, 0.25) is 46.7 Å². The molecule has 0 fully saturated rings. The van der Waals surface area contributed by atoms with Crippen LogP contribution >= 0.6 is 15.9 Å². The van der Waals surface area contributed by atoms with Gasteiger partial charge in [-0.1, -0.05) is 95.7 Å². The molecule has 0 spiro atoms. The molecule has 6 rings (SSSR count). The van der Waals surface area contributed by atoms with Gasteiger partial charge >= 0.3 is 59.4 Å². The number of anilines is 2. The number of alkyl halides is 1. The number of rotatable bonds is 19. The molecule has 2 atom stereocenters. The average molecular weight is 1460 g/mol. The molecule has 92 heavy (non-hydrogen) atoms. The molecule has 6 amide bonds. The summed E-state index contributed by atoms with van der Waals surface area (Å²) >= 11 is 3.17. The Morgan fingerprint density at radius 1 is 0.620 bits per heavy atom. The normalized spacial score (nSPS) is 13.4. The first-order valence-electron chi connectivity index (χ1n) is 27.5. The number of esters is 5. The zero-order valence-electron chi connectivity index (χ0n) is 53.1. The van der Waals surface area contributed by atoms with Crippen LogP contribution in [0.3, 0.4) is 0 Å². The molecule has 0 aliphatic carbocycles. The molecule has 0 bridgehead atoms. The molecule has 4 aromatic rings. The fraction of sp³-hybridized carbons (Fsp3) is 0.400. The molecule has 2 aliphatic heterocycles. The third-order valence-electron chi connectivity index (χ3n) is 11.5. The first-order valence-corrected chi connectivity index (χ1v) is 28.6. The van der Waals surface area contributed by atoms with Crippen LogP contribution in [0.4, 0.5) is 22.7 Å². The SMILES string of the molecule is CC(=O)NC1Cc2ccccc2NC1=O.CCOC(=O)C(Cc1ccccc1[N+](=O)[O-])(NC(C)=O)C(=O)OCC.CCOC(=O)C(NC(C)=O)C(=O)OCC.CCOC(=O)C1(NC(C)=O)Cc2ccccc2NC1=O.CC[O-].O=[N+]([O-])c1ccccc1CBr.[CH3-].[Na+].[Pd]. The van der Waals surface area contributed by atoms with Crippen LogP contribution in [0.25, 0.3) is 0 Å². The molecule has 0 saturated heterocycles. The van der Waals surface area contributed by atoms with Crippen LogP contribution in [-0.2, 0) is 121 Å². The van der Waals surface area contributed by atoms with Gasteiger partial charge in [0.1, 0.15) is 6.04 Å². The molecule has 4 aromatic carbocycles. The van der Waals surface area contributed by atoms with Gasteiger partial charge in [-0.3, -0.25) is 49.0 Å². The second-order valence-corrected chi connectivity index (χ2v) is 18.8. The van der Waals surface area contributed by atoms with Crippen LogP contribution < -0.4 is 66.6 Å². The van der Waals surface area contributed by atoms with E-state index in [9.17, 15) is 73.0 Å². The fourth-order valence-corrected chi connectivity index (χ4v) is 8.43. The van der Waals surface area contributed by atoms with Crippen LogP contribution in [0.15, 0.2) is 97.1 Å². The number of carbonyl (C=O) groups excluding carboxylic acids is 11. The van der Waals surface area contributed by atoms with Crippen molar-refractivity contribution in [3.8, 4) is 0 Å². The summed E-state index contributed by atoms with van der Waals surface area (Å²) in [4.78, 5) is 149. The zero-order valence-corrected chi connectivity index (χ0v) is 58.3. The van der Waals surface area contributed by atoms with Gasteiger partial charge in [0.05, 0.1) is 42.9 Å². The van der Waals surface area contributed by atoms with Gasteiger partial charge in [-0.15, -0.1) is 6.61 Å². The minimum Gasteiger partial charge on any atom is -0.855 e. The molecular weight excluding hydrogens is 1380 g/mol. The number of nitro groups is 2. The van der Waals surface area contributed by atoms with Gasteiger partial charge in [-0.25, -0.2) is 24.0 Å². The number of nitrogens with one attached hydrogen (secondary N) is 6. The first-order chi connectivity index (χ1) is 42.1. The van der Waals surface area contributed by atoms with E-state index in [-0.39, 0.29) is 137 Å². The standard InChI is InChI=1S/C16H20N2O7.C14H16N2O4.C11H12N2O2.C9H15NO5.C7H6BrNO2.C2H5O.CH3.Na.Pd/c1-4-24-14(20)16(17-11(3)19,15(21)25-5-2)10-12-8-6-7-9-13(12)18(22)23;1-3-20-13(19)14(16-9(2)17)8-10-6-4-5-7-11(10)15-12(14)18;1-7(14)12-10-6-8-4-2-3-5-9(8)13-11(10)15;1-4-14-8(12)7(10-6(3)11)9(13)15-5-2;8-5-6-3-1-2-4-7(6)9(10)11;1-2-3;;;/h6-9H,4-5,10H2,1-3H3,(H,17,19);4-7H,3,8H2,1-2H3,(H,15,18)(H,16,17);2-5,10H,6H2,1H3,(H,12,14)(H,13,15);7H,4-5H2,1-3H3,(H,10,11);1-4H,5H2;2H2,1H3;1H3;;/q;;;;;2*-1;+1;. The number of halogens is 1. The minimum atomic E-state index is -2.20. The second-order valence-electron chi connectivity index (χ2n) is 18.2. The van der Waals surface area contributed by atoms with E-state index in [1.165, 1.54) is 65.0 Å². The number of ether oxygens (including phenoxy) is 5. The Bertz CT molecular complexity index is 3110. The van der Waals surface area contributed by atoms with Crippen LogP contribution in [-0.4, -0.2) is 138 Å². The van der Waals surface area contributed by atoms with Crippen molar-refractivity contribution >= 4 is 104 Å². The van der Waals surface area contributed by atoms with E-state index in [4.69, 9.17) is 19.3 Å². The number of carbonyl (C=O) groups is 11. The molecule has 32 heteroatoms. The number of amides is 6. The van der Waals surface area contributed by atoms with E-state index >= 15 is 0 Å². The van der Waals surface area contributed by atoms with Crippen LogP contribution in [0, 0.1) is 27.7 Å². The van der Waals surface area contributed by atoms with Gasteiger partial charge in [0.15, 0.2) is 0 Å². The van der Waals surface area contributed by atoms with Gasteiger partial charge in [-0.05, 0) is 57.9 Å². The summed E-state index contributed by atoms with van der Waals surface area (Å²) in [5.74, 6) is -7.01. The predicted octanol–water partition coefficient (Wildman–Crippen LogP) is 1.37. The summed E-state index contributed by atoms with van der Waals surface area (Å²) in [6.07, 6.45) is 0.163. The number of fused-ring (bicyclic) bond motifs is 2. The monoisotopic (exact) mass is 1450 g/mol. The van der Waals surface area contributed by atoms with Crippen molar-refractivity contribution < 1.29 is 141 Å². The number of para-hydroxylation sites is 4. The van der Waals surface area contributed by atoms with E-state index in [0.29, 0.717) is 23.0 Å². The molecule has 2 aliphatic rings. The van der Waals surface area contributed by atoms with Gasteiger partial charge < -0.3 is 68.1 Å². The third kappa shape index (κ3) is 28.6. The van der Waals surface area contributed by atoms with Gasteiger partial charge in [-0.2, -0.15) is 0 Å². The van der Waals surface area contributed by atoms with E-state index in [2.05, 4.69) is 57.3 Å². The maximum absolute atomic E-state index is 12.5. The molecule has 0 saturated carbocycles. The summed E-state index contributed by atoms with van der Waals surface area (Å²) in [5.41, 5.74) is 0.0758. The number of nitrogens with zero attached hydrogens (tertiary/aromatic N) is 2. The second kappa shape index (κ2) is 46.1. The van der Waals surface area contributed by atoms with E-state index in [1.807, 2.05) is 24.3 Å². The molecule has 29 nitrogen and oxygen atoms in total. The molecular formula is C60H77BrN8NaO21Pd-. The Morgan fingerprint density at radius 3 is 1.46 bits per heavy atom. The van der Waals surface area contributed by atoms with Crippen molar-refractivity contribution in [2.24, 2.45) is 0 Å². The Kier molecular flexibility index (Phi) is 44.2. The van der Waals surface area contributed by atoms with Gasteiger partial charge in [0, 0.05) is 107 Å². The van der Waals surface area contributed by atoms with Crippen LogP contribution in [0.2, 0.25) is 0 Å². The van der Waals surface area contributed by atoms with E-state index < -0.39 is 88.0 Å². The number of benzene rings is 4. The molecule has 0 aromatic heterocycles. The maximum atomic E-state index is 12.5. The summed E-state index contributed by atoms with van der Waals surface area (Å²) < 4.78 is 24.0. The average Bonchev–Trinajstić information content (AvgIpc) is 0.792. The van der Waals surface area contributed by atoms with Crippen molar-refractivity contribution in [1.82, 2.24) is 21.3 Å². The van der Waals surface area contributed by atoms with Crippen LogP contribution in [0.1, 0.15) is 91.5 Å². The molecule has 6 N–H and O–H groups in total. The smallest absolute Gasteiger partial charge is 0.855 e. The van der Waals surface area contributed by atoms with E-state index in [1.54, 1.807) is 70.2 Å². The summed E-state index contributed by atoms with van der Waals surface area (Å²) in [7, 11) is 0.